The van der Waals surface area contributed by atoms with Crippen LogP contribution in [0.4, 0.5) is 5.69 Å². The highest BCUT2D eigenvalue weighted by Crippen LogP contribution is 2.22. The fraction of sp³-hybridized carbons (Fsp3) is 0.250. The molecular weight excluding hydrogens is 270 g/mol. The molecule has 104 valence electrons. The number of carbonyl (C=O) groups is 2. The van der Waals surface area contributed by atoms with Gasteiger partial charge in [0.15, 0.2) is 5.78 Å². The number of Topliss-reactive ketones (excluding diaryl/α,β-unsaturated/α-hetero) is 1. The van der Waals surface area contributed by atoms with Crippen molar-refractivity contribution in [3.05, 3.63) is 51.7 Å². The Morgan fingerprint density at radius 3 is 2.40 bits per heavy atom. The van der Waals surface area contributed by atoms with Crippen LogP contribution in [0.25, 0.3) is 0 Å². The van der Waals surface area contributed by atoms with Gasteiger partial charge >= 0.3 is 0 Å². The van der Waals surface area contributed by atoms with Crippen molar-refractivity contribution in [3.8, 4) is 0 Å². The van der Waals surface area contributed by atoms with E-state index in [4.69, 9.17) is 0 Å². The van der Waals surface area contributed by atoms with E-state index in [1.807, 2.05) is 50.2 Å². The zero-order valence-corrected chi connectivity index (χ0v) is 12.4. The van der Waals surface area contributed by atoms with Crippen LogP contribution in [0.2, 0.25) is 0 Å². The molecule has 0 saturated heterocycles. The van der Waals surface area contributed by atoms with Crippen molar-refractivity contribution in [3.63, 3.8) is 0 Å². The van der Waals surface area contributed by atoms with E-state index in [2.05, 4.69) is 5.32 Å². The highest BCUT2D eigenvalue weighted by Gasteiger charge is 2.13. The zero-order chi connectivity index (χ0) is 14.5. The number of hydrogen-bond donors (Lipinski definition) is 1. The molecule has 1 aromatic carbocycles. The molecule has 0 spiro atoms. The number of anilines is 1. The van der Waals surface area contributed by atoms with Crippen LogP contribution in [-0.2, 0) is 4.79 Å². The van der Waals surface area contributed by atoms with Crippen LogP contribution in [0.3, 0.4) is 0 Å². The van der Waals surface area contributed by atoms with Gasteiger partial charge in [0.25, 0.3) is 0 Å². The number of amides is 1. The number of hydrogen-bond acceptors (Lipinski definition) is 3. The Balaban J connectivity index is 1.87. The molecule has 0 saturated carbocycles. The summed E-state index contributed by atoms with van der Waals surface area (Å²) in [6.45, 7) is 3.92. The second kappa shape index (κ2) is 6.48. The minimum Gasteiger partial charge on any atom is -0.326 e. The van der Waals surface area contributed by atoms with Crippen molar-refractivity contribution in [1.82, 2.24) is 0 Å². The minimum absolute atomic E-state index is 0.0371. The van der Waals surface area contributed by atoms with Gasteiger partial charge in [-0.05, 0) is 32.0 Å². The molecule has 3 nitrogen and oxygen atoms in total. The maximum Gasteiger partial charge on any atom is 0.224 e. The van der Waals surface area contributed by atoms with Crippen LogP contribution in [0.5, 0.6) is 0 Å². The number of nitrogens with one attached hydrogen (secondary N) is 1. The topological polar surface area (TPSA) is 46.2 Å². The van der Waals surface area contributed by atoms with Gasteiger partial charge in [0.05, 0.1) is 0 Å². The third-order valence-corrected chi connectivity index (χ3v) is 3.94. The van der Waals surface area contributed by atoms with Gasteiger partial charge in [-0.1, -0.05) is 18.2 Å². The third kappa shape index (κ3) is 3.78. The number of benzene rings is 1. The molecule has 0 atom stereocenters. The second-order valence-corrected chi connectivity index (χ2v) is 6.12. The van der Waals surface area contributed by atoms with Crippen molar-refractivity contribution in [1.29, 1.82) is 0 Å². The molecule has 0 aliphatic carbocycles. The summed E-state index contributed by atoms with van der Waals surface area (Å²) >= 11 is 1.61. The van der Waals surface area contributed by atoms with E-state index in [1.54, 1.807) is 11.3 Å². The first-order valence-electron chi connectivity index (χ1n) is 6.51. The first kappa shape index (κ1) is 14.5. The molecular formula is C16H17NO2S. The maximum absolute atomic E-state index is 12.1. The van der Waals surface area contributed by atoms with E-state index in [9.17, 15) is 9.59 Å². The first-order chi connectivity index (χ1) is 9.56. The maximum atomic E-state index is 12.1. The molecule has 0 unspecified atom stereocenters. The lowest BCUT2D eigenvalue weighted by molar-refractivity contribution is -0.116. The second-order valence-electron chi connectivity index (χ2n) is 4.66. The minimum atomic E-state index is -0.130. The third-order valence-electron chi connectivity index (χ3n) is 2.98. The van der Waals surface area contributed by atoms with Crippen molar-refractivity contribution < 1.29 is 9.59 Å². The van der Waals surface area contributed by atoms with Gasteiger partial charge < -0.3 is 5.32 Å². The lowest BCUT2D eigenvalue weighted by Gasteiger charge is -2.04. The van der Waals surface area contributed by atoms with Gasteiger partial charge in [-0.3, -0.25) is 9.59 Å². The summed E-state index contributed by atoms with van der Waals surface area (Å²) in [7, 11) is 0. The monoisotopic (exact) mass is 287 g/mol. The molecule has 0 radical (unpaired) electrons. The summed E-state index contributed by atoms with van der Waals surface area (Å²) in [5.41, 5.74) is 1.51. The van der Waals surface area contributed by atoms with Crippen LogP contribution < -0.4 is 5.32 Å². The van der Waals surface area contributed by atoms with Crippen LogP contribution in [-0.4, -0.2) is 11.7 Å². The van der Waals surface area contributed by atoms with Gasteiger partial charge in [-0.2, -0.15) is 0 Å². The van der Waals surface area contributed by atoms with Gasteiger partial charge in [0, 0.05) is 33.8 Å². The fourth-order valence-electron chi connectivity index (χ4n) is 2.01. The number of aryl methyl sites for hydroxylation is 2. The lowest BCUT2D eigenvalue weighted by Crippen LogP contribution is -2.13. The quantitative estimate of drug-likeness (QED) is 0.846. The summed E-state index contributed by atoms with van der Waals surface area (Å²) in [6, 6.07) is 11.2. The Kier molecular flexibility index (Phi) is 4.69. The molecule has 1 heterocycles. The van der Waals surface area contributed by atoms with Crippen LogP contribution >= 0.6 is 11.3 Å². The Hall–Kier alpha value is -1.94. The molecule has 4 heteroatoms. The molecule has 0 aliphatic rings. The van der Waals surface area contributed by atoms with Crippen LogP contribution in [0.1, 0.15) is 33.0 Å². The summed E-state index contributed by atoms with van der Waals surface area (Å²) in [6.07, 6.45) is 0.456. The van der Waals surface area contributed by atoms with E-state index in [-0.39, 0.29) is 24.5 Å². The normalized spacial score (nSPS) is 10.3. The van der Waals surface area contributed by atoms with Gasteiger partial charge in [0.2, 0.25) is 5.91 Å². The van der Waals surface area contributed by atoms with Gasteiger partial charge in [0.1, 0.15) is 0 Å². The summed E-state index contributed by atoms with van der Waals surface area (Å²) in [4.78, 5) is 26.0. The molecule has 1 N–H and O–H groups in total. The molecule has 1 amide bonds. The van der Waals surface area contributed by atoms with Gasteiger partial charge in [-0.15, -0.1) is 11.3 Å². The molecule has 0 fully saturated rings. The zero-order valence-electron chi connectivity index (χ0n) is 11.6. The SMILES string of the molecule is Cc1cc(C(=O)CCC(=O)Nc2ccccc2)c(C)s1. The number of para-hydroxylation sites is 1. The van der Waals surface area contributed by atoms with Gasteiger partial charge in [-0.25, -0.2) is 0 Å². The van der Waals surface area contributed by atoms with Crippen LogP contribution in [0, 0.1) is 13.8 Å². The molecule has 2 aromatic rings. The van der Waals surface area contributed by atoms with Crippen LogP contribution in [0.15, 0.2) is 36.4 Å². The van der Waals surface area contributed by atoms with Crippen molar-refractivity contribution in [2.45, 2.75) is 26.7 Å². The van der Waals surface area contributed by atoms with E-state index in [0.717, 1.165) is 21.0 Å². The summed E-state index contributed by atoms with van der Waals surface area (Å²) < 4.78 is 0. The molecule has 2 rings (SSSR count). The Bertz CT molecular complexity index is 617. The lowest BCUT2D eigenvalue weighted by atomic mass is 10.1. The number of ketones is 1. The molecule has 1 aromatic heterocycles. The van der Waals surface area contributed by atoms with E-state index < -0.39 is 0 Å². The smallest absolute Gasteiger partial charge is 0.224 e. The predicted octanol–water partition coefficient (Wildman–Crippen LogP) is 3.97. The van der Waals surface area contributed by atoms with E-state index in [1.165, 1.54) is 0 Å². The highest BCUT2D eigenvalue weighted by molar-refractivity contribution is 7.12. The Morgan fingerprint density at radius 2 is 1.80 bits per heavy atom. The summed E-state index contributed by atoms with van der Waals surface area (Å²) in [5, 5.41) is 2.78. The van der Waals surface area contributed by atoms with Crippen molar-refractivity contribution in [2.75, 3.05) is 5.32 Å². The predicted molar refractivity (Wildman–Crippen MR) is 82.4 cm³/mol. The average molecular weight is 287 g/mol. The molecule has 0 aliphatic heterocycles. The summed E-state index contributed by atoms with van der Waals surface area (Å²) in [5.74, 6) is -0.0933. The average Bonchev–Trinajstić information content (AvgIpc) is 2.76. The fourth-order valence-corrected chi connectivity index (χ4v) is 2.96. The van der Waals surface area contributed by atoms with E-state index in [0.29, 0.717) is 0 Å². The molecule has 0 bridgehead atoms. The molecule has 20 heavy (non-hydrogen) atoms. The number of carbonyl (C=O) groups excluding carboxylic acids is 2. The number of thiophene rings is 1. The Morgan fingerprint density at radius 1 is 1.10 bits per heavy atom. The van der Waals surface area contributed by atoms with E-state index >= 15 is 0 Å². The standard InChI is InChI=1S/C16H17NO2S/c1-11-10-14(12(2)20-11)15(18)8-9-16(19)17-13-6-4-3-5-7-13/h3-7,10H,8-9H2,1-2H3,(H,17,19). The van der Waals surface area contributed by atoms with Crippen molar-refractivity contribution in [2.24, 2.45) is 0 Å². The van der Waals surface area contributed by atoms with Crippen molar-refractivity contribution >= 4 is 28.7 Å². The Labute approximate surface area is 122 Å². The largest absolute Gasteiger partial charge is 0.326 e. The highest BCUT2D eigenvalue weighted by atomic mass is 32.1. The first-order valence-corrected chi connectivity index (χ1v) is 7.33. The number of rotatable bonds is 5.